The molecular formula is C33H31N15O3S. The molecule has 0 atom stereocenters. The summed E-state index contributed by atoms with van der Waals surface area (Å²) in [6, 6.07) is 12.7. The highest BCUT2D eigenvalue weighted by Gasteiger charge is 2.21. The van der Waals surface area contributed by atoms with Crippen LogP contribution in [0.1, 0.15) is 16.1 Å². The first-order valence-corrected chi connectivity index (χ1v) is 17.6. The van der Waals surface area contributed by atoms with Crippen LogP contribution < -0.4 is 10.6 Å². The van der Waals surface area contributed by atoms with Gasteiger partial charge in [-0.2, -0.15) is 13.5 Å². The lowest BCUT2D eigenvalue weighted by Gasteiger charge is -2.32. The second-order valence-electron chi connectivity index (χ2n) is 12.1. The van der Waals surface area contributed by atoms with Crippen LogP contribution in [0.3, 0.4) is 0 Å². The van der Waals surface area contributed by atoms with Gasteiger partial charge in [-0.3, -0.25) is 19.4 Å². The predicted octanol–water partition coefficient (Wildman–Crippen LogP) is 2.57. The maximum absolute atomic E-state index is 13.3. The van der Waals surface area contributed by atoms with Gasteiger partial charge >= 0.3 is 10.0 Å². The molecule has 18 nitrogen and oxygen atoms in total. The molecule has 0 saturated carbocycles. The lowest BCUT2D eigenvalue weighted by atomic mass is 10.1. The Morgan fingerprint density at radius 1 is 0.885 bits per heavy atom. The van der Waals surface area contributed by atoms with Crippen molar-refractivity contribution in [3.63, 3.8) is 0 Å². The Morgan fingerprint density at radius 3 is 2.40 bits per heavy atom. The van der Waals surface area contributed by atoms with Gasteiger partial charge in [-0.25, -0.2) is 29.9 Å². The molecule has 1 fully saturated rings. The van der Waals surface area contributed by atoms with Gasteiger partial charge in [-0.1, -0.05) is 12.1 Å². The Hall–Kier alpha value is -6.44. The van der Waals surface area contributed by atoms with Gasteiger partial charge in [0.1, 0.15) is 24.8 Å². The molecule has 1 amide bonds. The molecule has 0 aliphatic carbocycles. The van der Waals surface area contributed by atoms with Gasteiger partial charge < -0.3 is 15.5 Å². The van der Waals surface area contributed by atoms with Gasteiger partial charge in [0.05, 0.1) is 11.1 Å². The molecule has 0 bridgehead atoms. The maximum atomic E-state index is 13.3. The molecule has 0 radical (unpaired) electrons. The predicted molar refractivity (Wildman–Crippen MR) is 189 cm³/mol. The summed E-state index contributed by atoms with van der Waals surface area (Å²) >= 11 is 0. The summed E-state index contributed by atoms with van der Waals surface area (Å²) in [5, 5.41) is 17.3. The number of nitrogens with zero attached hydrogens (tertiary/aromatic N) is 12. The van der Waals surface area contributed by atoms with Crippen LogP contribution >= 0.6 is 0 Å². The Balaban J connectivity index is 0.947. The Bertz CT molecular complexity index is 2440. The van der Waals surface area contributed by atoms with Crippen molar-refractivity contribution in [3.8, 4) is 17.1 Å². The number of hydrogen-bond acceptors (Lipinski definition) is 14. The van der Waals surface area contributed by atoms with Gasteiger partial charge in [0.15, 0.2) is 16.4 Å². The first-order chi connectivity index (χ1) is 25.3. The summed E-state index contributed by atoms with van der Waals surface area (Å²) in [6.45, 7) is 5.06. The largest absolute Gasteiger partial charge is 0.336 e. The van der Waals surface area contributed by atoms with E-state index in [1.54, 1.807) is 35.4 Å². The minimum absolute atomic E-state index is 0.171. The van der Waals surface area contributed by atoms with Crippen LogP contribution in [0.5, 0.6) is 0 Å². The number of H-pyrrole nitrogens is 1. The SMILES string of the molecule is CN1CCN(Cc2ccc(NC(=O)c3n[nH]cc3Nc3ncnc4c3ccn4-c3ncc(-c4ccc(S(=O)(=O)n5cncn5)nc4)cn3)cc2)CC1. The molecule has 7 aromatic rings. The molecule has 19 heteroatoms. The smallest absolute Gasteiger partial charge is 0.301 e. The van der Waals surface area contributed by atoms with E-state index in [1.165, 1.54) is 24.2 Å². The van der Waals surface area contributed by atoms with Gasteiger partial charge in [-0.15, -0.1) is 9.19 Å². The van der Waals surface area contributed by atoms with Gasteiger partial charge in [0.25, 0.3) is 5.91 Å². The molecule has 3 N–H and O–H groups in total. The highest BCUT2D eigenvalue weighted by Crippen LogP contribution is 2.27. The summed E-state index contributed by atoms with van der Waals surface area (Å²) in [7, 11) is -1.80. The molecule has 1 aliphatic heterocycles. The molecule has 1 aliphatic rings. The number of carbonyl (C=O) groups excluding carboxylic acids is 1. The third-order valence-corrected chi connectivity index (χ3v) is 10.1. The molecule has 262 valence electrons. The molecule has 8 rings (SSSR count). The first kappa shape index (κ1) is 32.7. The van der Waals surface area contributed by atoms with Crippen molar-refractivity contribution in [2.45, 2.75) is 11.6 Å². The standard InChI is InChI=1S/C33H31N15O3S/c1-45-10-12-46(13-11-45)18-22-2-5-25(6-3-22)42-32(49)29-27(17-40-44-29)43-30-26-8-9-47(31(26)39-20-38-30)33-36-15-24(16-37-33)23-4-7-28(35-14-23)52(50,51)48-21-34-19-41-48/h2-9,14-17,19-21H,10-13,18H2,1H3,(H,40,44)(H,42,49)(H,38,39,43). The third kappa shape index (κ3) is 6.57. The highest BCUT2D eigenvalue weighted by atomic mass is 32.2. The Labute approximate surface area is 296 Å². The van der Waals surface area contributed by atoms with Gasteiger partial charge in [-0.05, 0) is 42.9 Å². The second kappa shape index (κ2) is 13.7. The van der Waals surface area contributed by atoms with Crippen molar-refractivity contribution >= 4 is 44.2 Å². The second-order valence-corrected chi connectivity index (χ2v) is 13.8. The summed E-state index contributed by atoms with van der Waals surface area (Å²) < 4.78 is 27.7. The third-order valence-electron chi connectivity index (χ3n) is 8.64. The number of carbonyl (C=O) groups is 1. The van der Waals surface area contributed by atoms with E-state index in [1.807, 2.05) is 30.3 Å². The van der Waals surface area contributed by atoms with Crippen molar-refractivity contribution in [1.82, 2.24) is 63.7 Å². The summed E-state index contributed by atoms with van der Waals surface area (Å²) in [4.78, 5) is 43.7. The lowest BCUT2D eigenvalue weighted by Crippen LogP contribution is -2.43. The van der Waals surface area contributed by atoms with E-state index in [-0.39, 0.29) is 16.6 Å². The summed E-state index contributed by atoms with van der Waals surface area (Å²) in [6.07, 6.45) is 11.6. The fourth-order valence-electron chi connectivity index (χ4n) is 5.76. The molecule has 0 unspecified atom stereocenters. The molecular weight excluding hydrogens is 687 g/mol. The zero-order valence-electron chi connectivity index (χ0n) is 27.7. The van der Waals surface area contributed by atoms with Crippen molar-refractivity contribution < 1.29 is 13.2 Å². The normalized spacial score (nSPS) is 14.1. The average Bonchev–Trinajstić information content (AvgIpc) is 3.96. The number of anilines is 3. The van der Waals surface area contributed by atoms with E-state index in [0.29, 0.717) is 45.3 Å². The number of nitrogens with one attached hydrogen (secondary N) is 3. The zero-order valence-corrected chi connectivity index (χ0v) is 28.5. The van der Waals surface area contributed by atoms with Crippen LogP contribution in [0.15, 0.2) is 97.5 Å². The van der Waals surface area contributed by atoms with E-state index < -0.39 is 10.0 Å². The molecule has 0 spiro atoms. The van der Waals surface area contributed by atoms with E-state index in [4.69, 9.17) is 0 Å². The van der Waals surface area contributed by atoms with Crippen molar-refractivity contribution in [2.24, 2.45) is 0 Å². The van der Waals surface area contributed by atoms with Crippen LogP contribution in [-0.2, 0) is 16.6 Å². The molecule has 52 heavy (non-hydrogen) atoms. The van der Waals surface area contributed by atoms with Crippen molar-refractivity contribution in [1.29, 1.82) is 0 Å². The number of rotatable bonds is 10. The topological polar surface area (TPSA) is 211 Å². The van der Waals surface area contributed by atoms with Crippen LogP contribution in [-0.4, -0.2) is 111 Å². The zero-order chi connectivity index (χ0) is 35.7. The molecule has 6 aromatic heterocycles. The van der Waals surface area contributed by atoms with Crippen LogP contribution in [0, 0.1) is 0 Å². The number of benzene rings is 1. The molecule has 1 saturated heterocycles. The molecule has 1 aromatic carbocycles. The van der Waals surface area contributed by atoms with Gasteiger partial charge in [0, 0.05) is 80.5 Å². The number of pyridine rings is 1. The number of amides is 1. The number of aromatic amines is 1. The van der Waals surface area contributed by atoms with Crippen molar-refractivity contribution in [3.05, 3.63) is 104 Å². The van der Waals surface area contributed by atoms with Crippen molar-refractivity contribution in [2.75, 3.05) is 43.9 Å². The average molecular weight is 718 g/mol. The van der Waals surface area contributed by atoms with E-state index >= 15 is 0 Å². The van der Waals surface area contributed by atoms with Gasteiger partial charge in [0.2, 0.25) is 5.95 Å². The lowest BCUT2D eigenvalue weighted by molar-refractivity contribution is 0.102. The fraction of sp³-hybridized carbons (Fsp3) is 0.182. The minimum atomic E-state index is -3.95. The van der Waals surface area contributed by atoms with Crippen LogP contribution in [0.4, 0.5) is 17.2 Å². The number of likely N-dealkylation sites (N-methyl/N-ethyl adjacent to an activating group) is 1. The molecule has 7 heterocycles. The number of fused-ring (bicyclic) bond motifs is 1. The van der Waals surface area contributed by atoms with E-state index in [2.05, 4.69) is 72.7 Å². The number of piperazine rings is 1. The maximum Gasteiger partial charge on any atom is 0.301 e. The monoisotopic (exact) mass is 717 g/mol. The van der Waals surface area contributed by atoms with E-state index in [0.717, 1.165) is 49.5 Å². The number of aromatic nitrogens is 11. The highest BCUT2D eigenvalue weighted by molar-refractivity contribution is 7.89. The van der Waals surface area contributed by atoms with Crippen LogP contribution in [0.25, 0.3) is 28.1 Å². The van der Waals surface area contributed by atoms with Crippen LogP contribution in [0.2, 0.25) is 0 Å². The van der Waals surface area contributed by atoms with E-state index in [9.17, 15) is 13.2 Å². The summed E-state index contributed by atoms with van der Waals surface area (Å²) in [5.41, 5.74) is 4.23. The minimum Gasteiger partial charge on any atom is -0.336 e. The Kier molecular flexibility index (Phi) is 8.63. The quantitative estimate of drug-likeness (QED) is 0.186. The number of hydrogen-bond donors (Lipinski definition) is 3. The first-order valence-electron chi connectivity index (χ1n) is 16.1. The Morgan fingerprint density at radius 2 is 1.67 bits per heavy atom. The summed E-state index contributed by atoms with van der Waals surface area (Å²) in [5.74, 6) is 0.421. The fourth-order valence-corrected chi connectivity index (χ4v) is 6.72.